The van der Waals surface area contributed by atoms with Gasteiger partial charge in [0.15, 0.2) is 0 Å². The maximum Gasteiger partial charge on any atom is 0.327 e. The fraction of sp³-hybridized carbons (Fsp3) is 0.455. The van der Waals surface area contributed by atoms with Gasteiger partial charge in [-0.05, 0) is 37.8 Å². The van der Waals surface area contributed by atoms with Gasteiger partial charge < -0.3 is 14.9 Å². The van der Waals surface area contributed by atoms with E-state index in [0.717, 1.165) is 11.4 Å². The minimum absolute atomic E-state index is 0.0520. The van der Waals surface area contributed by atoms with Crippen LogP contribution >= 0.6 is 0 Å². The van der Waals surface area contributed by atoms with Crippen LogP contribution in [0.3, 0.4) is 0 Å². The third-order valence-corrected chi connectivity index (χ3v) is 6.02. The highest BCUT2D eigenvalue weighted by atomic mass is 16.3. The molecular weight excluding hydrogens is 382 g/mol. The Morgan fingerprint density at radius 3 is 2.50 bits per heavy atom. The summed E-state index contributed by atoms with van der Waals surface area (Å²) in [5, 5.41) is 9.20. The van der Waals surface area contributed by atoms with Crippen molar-refractivity contribution >= 4 is 17.8 Å². The van der Waals surface area contributed by atoms with E-state index in [0.29, 0.717) is 44.7 Å². The second-order valence-corrected chi connectivity index (χ2v) is 7.87. The molecule has 4 rings (SSSR count). The number of carbonyl (C=O) groups excluding carboxylic acids is 2. The quantitative estimate of drug-likeness (QED) is 0.734. The zero-order valence-electron chi connectivity index (χ0n) is 17.2. The van der Waals surface area contributed by atoms with E-state index in [1.165, 1.54) is 4.90 Å². The number of aliphatic hydroxyl groups excluding tert-OH is 1. The molecule has 30 heavy (non-hydrogen) atoms. The molecule has 2 saturated heterocycles. The van der Waals surface area contributed by atoms with Crippen molar-refractivity contribution in [2.45, 2.75) is 38.3 Å². The SMILES string of the molecule is Cc1nccc(N2CCC3(CC2)C(=O)N(CCCO)C(=O)N3Cc2ccccc2)n1. The highest BCUT2D eigenvalue weighted by Crippen LogP contribution is 2.39. The van der Waals surface area contributed by atoms with Gasteiger partial charge in [0.05, 0.1) is 0 Å². The predicted octanol–water partition coefficient (Wildman–Crippen LogP) is 1.97. The van der Waals surface area contributed by atoms with Crippen molar-refractivity contribution in [3.63, 3.8) is 0 Å². The Bertz CT molecular complexity index is 912. The van der Waals surface area contributed by atoms with E-state index in [-0.39, 0.29) is 25.1 Å². The van der Waals surface area contributed by atoms with Gasteiger partial charge in [-0.15, -0.1) is 0 Å². The molecule has 3 amide bonds. The van der Waals surface area contributed by atoms with Crippen molar-refractivity contribution in [2.75, 3.05) is 31.1 Å². The van der Waals surface area contributed by atoms with Gasteiger partial charge in [0.1, 0.15) is 17.2 Å². The Morgan fingerprint density at radius 2 is 1.83 bits per heavy atom. The summed E-state index contributed by atoms with van der Waals surface area (Å²) in [6.07, 6.45) is 3.22. The molecule has 1 aromatic carbocycles. The number of rotatable bonds is 6. The highest BCUT2D eigenvalue weighted by molar-refractivity contribution is 6.07. The fourth-order valence-electron chi connectivity index (χ4n) is 4.40. The van der Waals surface area contributed by atoms with Crippen LogP contribution in [-0.4, -0.2) is 68.6 Å². The summed E-state index contributed by atoms with van der Waals surface area (Å²) in [6.45, 7) is 3.71. The maximum absolute atomic E-state index is 13.4. The molecular formula is C22H27N5O3. The minimum Gasteiger partial charge on any atom is -0.396 e. The lowest BCUT2D eigenvalue weighted by Gasteiger charge is -2.42. The van der Waals surface area contributed by atoms with Crippen molar-refractivity contribution in [3.8, 4) is 0 Å². The van der Waals surface area contributed by atoms with E-state index in [1.807, 2.05) is 43.3 Å². The minimum atomic E-state index is -0.846. The molecule has 2 aliphatic rings. The molecule has 1 aromatic heterocycles. The van der Waals surface area contributed by atoms with Crippen LogP contribution in [0.1, 0.15) is 30.7 Å². The summed E-state index contributed by atoms with van der Waals surface area (Å²) in [4.78, 5) is 40.5. The predicted molar refractivity (Wildman–Crippen MR) is 112 cm³/mol. The number of hydrogen-bond donors (Lipinski definition) is 1. The molecule has 0 radical (unpaired) electrons. The number of amides is 3. The van der Waals surface area contributed by atoms with Gasteiger partial charge in [-0.25, -0.2) is 14.8 Å². The number of hydrogen-bond acceptors (Lipinski definition) is 6. The summed E-state index contributed by atoms with van der Waals surface area (Å²) >= 11 is 0. The number of aromatic nitrogens is 2. The molecule has 3 heterocycles. The second kappa shape index (κ2) is 8.39. The van der Waals surface area contributed by atoms with Crippen molar-refractivity contribution < 1.29 is 14.7 Å². The fourth-order valence-corrected chi connectivity index (χ4v) is 4.40. The second-order valence-electron chi connectivity index (χ2n) is 7.87. The van der Waals surface area contributed by atoms with Crippen LogP contribution in [0.4, 0.5) is 10.6 Å². The maximum atomic E-state index is 13.4. The van der Waals surface area contributed by atoms with Crippen LogP contribution in [-0.2, 0) is 11.3 Å². The molecule has 8 heteroatoms. The van der Waals surface area contributed by atoms with Gasteiger partial charge in [-0.3, -0.25) is 9.69 Å². The largest absolute Gasteiger partial charge is 0.396 e. The number of nitrogens with zero attached hydrogens (tertiary/aromatic N) is 5. The lowest BCUT2D eigenvalue weighted by Crippen LogP contribution is -2.56. The Kier molecular flexibility index (Phi) is 5.67. The van der Waals surface area contributed by atoms with Crippen LogP contribution in [0.25, 0.3) is 0 Å². The van der Waals surface area contributed by atoms with Crippen molar-refractivity contribution in [2.24, 2.45) is 0 Å². The lowest BCUT2D eigenvalue weighted by molar-refractivity contribution is -0.134. The summed E-state index contributed by atoms with van der Waals surface area (Å²) in [5.74, 6) is 1.41. The van der Waals surface area contributed by atoms with Crippen molar-refractivity contribution in [1.82, 2.24) is 19.8 Å². The molecule has 2 aliphatic heterocycles. The van der Waals surface area contributed by atoms with Crippen molar-refractivity contribution in [3.05, 3.63) is 54.0 Å². The number of aryl methyl sites for hydroxylation is 1. The summed E-state index contributed by atoms with van der Waals surface area (Å²) in [6, 6.07) is 11.4. The van der Waals surface area contributed by atoms with Gasteiger partial charge in [0.25, 0.3) is 5.91 Å². The van der Waals surface area contributed by atoms with Crippen LogP contribution in [0, 0.1) is 6.92 Å². The number of benzene rings is 1. The summed E-state index contributed by atoms with van der Waals surface area (Å²) < 4.78 is 0. The van der Waals surface area contributed by atoms with Gasteiger partial charge in [-0.1, -0.05) is 30.3 Å². The van der Waals surface area contributed by atoms with E-state index in [9.17, 15) is 14.7 Å². The first-order valence-corrected chi connectivity index (χ1v) is 10.4. The first-order chi connectivity index (χ1) is 14.5. The number of imide groups is 1. The Hall–Kier alpha value is -3.00. The molecule has 0 atom stereocenters. The van der Waals surface area contributed by atoms with E-state index < -0.39 is 5.54 Å². The number of piperidine rings is 1. The standard InChI is InChI=1S/C22H27N5O3/c1-17-23-11-8-19(24-17)25-13-9-22(10-14-25)20(29)26(12-5-15-28)21(30)27(22)16-18-6-3-2-4-7-18/h2-4,6-8,11,28H,5,9-10,12-16H2,1H3. The van der Waals surface area contributed by atoms with Crippen LogP contribution in [0.15, 0.2) is 42.6 Å². The molecule has 0 aliphatic carbocycles. The van der Waals surface area contributed by atoms with E-state index in [2.05, 4.69) is 14.9 Å². The molecule has 0 saturated carbocycles. The van der Waals surface area contributed by atoms with Gasteiger partial charge in [0.2, 0.25) is 0 Å². The Morgan fingerprint density at radius 1 is 1.10 bits per heavy atom. The van der Waals surface area contributed by atoms with E-state index in [1.54, 1.807) is 11.1 Å². The van der Waals surface area contributed by atoms with Crippen LogP contribution < -0.4 is 4.90 Å². The molecule has 1 spiro atoms. The zero-order valence-corrected chi connectivity index (χ0v) is 17.2. The third kappa shape index (κ3) is 3.63. The van der Waals surface area contributed by atoms with Crippen molar-refractivity contribution in [1.29, 1.82) is 0 Å². The molecule has 0 unspecified atom stereocenters. The molecule has 2 aromatic rings. The first kappa shape index (κ1) is 20.3. The lowest BCUT2D eigenvalue weighted by atomic mass is 9.85. The monoisotopic (exact) mass is 409 g/mol. The zero-order chi connectivity index (χ0) is 21.1. The summed E-state index contributed by atoms with van der Waals surface area (Å²) in [7, 11) is 0. The van der Waals surface area contributed by atoms with Gasteiger partial charge in [0, 0.05) is 39.0 Å². The topological polar surface area (TPSA) is 89.9 Å². The number of aliphatic hydroxyl groups is 1. The summed E-state index contributed by atoms with van der Waals surface area (Å²) in [5.41, 5.74) is 0.150. The molecule has 8 nitrogen and oxygen atoms in total. The third-order valence-electron chi connectivity index (χ3n) is 6.02. The van der Waals surface area contributed by atoms with E-state index in [4.69, 9.17) is 0 Å². The molecule has 2 fully saturated rings. The van der Waals surface area contributed by atoms with Crippen LogP contribution in [0.5, 0.6) is 0 Å². The number of carbonyl (C=O) groups is 2. The van der Waals surface area contributed by atoms with Gasteiger partial charge in [-0.2, -0.15) is 0 Å². The smallest absolute Gasteiger partial charge is 0.327 e. The highest BCUT2D eigenvalue weighted by Gasteiger charge is 2.57. The van der Waals surface area contributed by atoms with Crippen LogP contribution in [0.2, 0.25) is 0 Å². The average Bonchev–Trinajstić information content (AvgIpc) is 2.95. The first-order valence-electron chi connectivity index (χ1n) is 10.4. The molecule has 1 N–H and O–H groups in total. The normalized spacial score (nSPS) is 18.5. The van der Waals surface area contributed by atoms with Gasteiger partial charge >= 0.3 is 6.03 Å². The average molecular weight is 409 g/mol. The molecule has 158 valence electrons. The Labute approximate surface area is 176 Å². The number of urea groups is 1. The molecule has 0 bridgehead atoms. The Balaban J connectivity index is 1.59. The number of anilines is 1. The van der Waals surface area contributed by atoms with E-state index >= 15 is 0 Å².